The van der Waals surface area contributed by atoms with E-state index in [4.69, 9.17) is 10.2 Å². The van der Waals surface area contributed by atoms with E-state index in [-0.39, 0.29) is 18.3 Å². The van der Waals surface area contributed by atoms with Crippen molar-refractivity contribution in [1.29, 1.82) is 0 Å². The highest BCUT2D eigenvalue weighted by Gasteiger charge is 2.28. The second-order valence-electron chi connectivity index (χ2n) is 5.39. The molecule has 0 aliphatic heterocycles. The first-order valence-corrected chi connectivity index (χ1v) is 7.14. The highest BCUT2D eigenvalue weighted by Crippen LogP contribution is 2.40. The number of hydrogen-bond donors (Lipinski definition) is 2. The normalized spacial score (nSPS) is 15.5. The fourth-order valence-electron chi connectivity index (χ4n) is 2.20. The Morgan fingerprint density at radius 1 is 1.52 bits per heavy atom. The molecule has 21 heavy (non-hydrogen) atoms. The third kappa shape index (κ3) is 3.54. The molecule has 1 aromatic carbocycles. The average Bonchev–Trinajstić information content (AvgIpc) is 3.19. The van der Waals surface area contributed by atoms with Gasteiger partial charge in [-0.25, -0.2) is 4.98 Å². The number of amides is 1. The molecule has 3 rings (SSSR count). The molecule has 1 amide bonds. The van der Waals surface area contributed by atoms with Crippen LogP contribution >= 0.6 is 12.4 Å². The minimum Gasteiger partial charge on any atom is -0.440 e. The van der Waals surface area contributed by atoms with Gasteiger partial charge in [-0.05, 0) is 31.4 Å². The predicted molar refractivity (Wildman–Crippen MR) is 84.7 cm³/mol. The molecule has 0 saturated heterocycles. The van der Waals surface area contributed by atoms with E-state index in [1.165, 1.54) is 0 Å². The van der Waals surface area contributed by atoms with E-state index in [1.54, 1.807) is 0 Å². The Morgan fingerprint density at radius 3 is 2.95 bits per heavy atom. The zero-order chi connectivity index (χ0) is 14.1. The quantitative estimate of drug-likeness (QED) is 0.888. The summed E-state index contributed by atoms with van der Waals surface area (Å²) in [5.41, 5.74) is 8.05. The van der Waals surface area contributed by atoms with E-state index in [0.29, 0.717) is 23.6 Å². The number of anilines is 1. The van der Waals surface area contributed by atoms with Crippen LogP contribution in [0.25, 0.3) is 11.1 Å². The van der Waals surface area contributed by atoms with Crippen molar-refractivity contribution in [1.82, 2.24) is 4.98 Å². The number of aromatic nitrogens is 1. The van der Waals surface area contributed by atoms with Crippen molar-refractivity contribution in [2.45, 2.75) is 44.6 Å². The molecule has 1 saturated carbocycles. The number of fused-ring (bicyclic) bond motifs is 1. The molecule has 1 aromatic heterocycles. The van der Waals surface area contributed by atoms with Gasteiger partial charge in [0.25, 0.3) is 0 Å². The molecule has 1 heterocycles. The molecule has 2 aromatic rings. The molecule has 6 heteroatoms. The van der Waals surface area contributed by atoms with Crippen LogP contribution in [-0.4, -0.2) is 16.9 Å². The van der Waals surface area contributed by atoms with Gasteiger partial charge in [0.2, 0.25) is 5.91 Å². The molecule has 1 unspecified atom stereocenters. The van der Waals surface area contributed by atoms with Crippen LogP contribution in [0, 0.1) is 0 Å². The number of benzene rings is 1. The Hall–Kier alpha value is -1.59. The summed E-state index contributed by atoms with van der Waals surface area (Å²) in [6, 6.07) is 5.04. The molecule has 1 fully saturated rings. The van der Waals surface area contributed by atoms with Gasteiger partial charge in [-0.1, -0.05) is 13.3 Å². The SMILES string of the molecule is CCCC(N)C(=O)Nc1ccc2nc(C3CC3)oc2c1.Cl. The molecule has 5 nitrogen and oxygen atoms in total. The molecule has 0 spiro atoms. The van der Waals surface area contributed by atoms with Crippen LogP contribution in [0.1, 0.15) is 44.4 Å². The topological polar surface area (TPSA) is 81.2 Å². The van der Waals surface area contributed by atoms with Gasteiger partial charge >= 0.3 is 0 Å². The number of nitrogens with zero attached hydrogens (tertiary/aromatic N) is 1. The zero-order valence-electron chi connectivity index (χ0n) is 12.0. The lowest BCUT2D eigenvalue weighted by Gasteiger charge is -2.10. The van der Waals surface area contributed by atoms with Crippen LogP contribution < -0.4 is 11.1 Å². The molecule has 0 bridgehead atoms. The number of halogens is 1. The van der Waals surface area contributed by atoms with Crippen LogP contribution in [0.4, 0.5) is 5.69 Å². The van der Waals surface area contributed by atoms with Gasteiger partial charge in [-0.15, -0.1) is 12.4 Å². The van der Waals surface area contributed by atoms with Crippen molar-refractivity contribution in [2.24, 2.45) is 5.73 Å². The number of carbonyl (C=O) groups is 1. The van der Waals surface area contributed by atoms with Gasteiger partial charge in [-0.2, -0.15) is 0 Å². The molecule has 1 atom stereocenters. The van der Waals surface area contributed by atoms with Gasteiger partial charge in [-0.3, -0.25) is 4.79 Å². The largest absolute Gasteiger partial charge is 0.440 e. The minimum absolute atomic E-state index is 0. The third-order valence-electron chi connectivity index (χ3n) is 3.54. The Kier molecular flexibility index (Phi) is 4.85. The number of carbonyl (C=O) groups excluding carboxylic acids is 1. The molecular weight excluding hydrogens is 290 g/mol. The van der Waals surface area contributed by atoms with E-state index in [9.17, 15) is 4.79 Å². The smallest absolute Gasteiger partial charge is 0.241 e. The van der Waals surface area contributed by atoms with Gasteiger partial charge in [0, 0.05) is 17.7 Å². The molecule has 114 valence electrons. The fraction of sp³-hybridized carbons (Fsp3) is 0.467. The Bertz CT molecular complexity index is 637. The van der Waals surface area contributed by atoms with Crippen LogP contribution in [0.15, 0.2) is 22.6 Å². The standard InChI is InChI=1S/C15H19N3O2.ClH/c1-2-3-11(16)14(19)17-10-6-7-12-13(8-10)20-15(18-12)9-4-5-9;/h6-9,11H,2-5,16H2,1H3,(H,17,19);1H. The number of nitrogens with one attached hydrogen (secondary N) is 1. The molecule has 1 aliphatic rings. The summed E-state index contributed by atoms with van der Waals surface area (Å²) < 4.78 is 5.73. The Morgan fingerprint density at radius 2 is 2.29 bits per heavy atom. The highest BCUT2D eigenvalue weighted by atomic mass is 35.5. The van der Waals surface area contributed by atoms with Crippen molar-refractivity contribution in [3.8, 4) is 0 Å². The summed E-state index contributed by atoms with van der Waals surface area (Å²) >= 11 is 0. The van der Waals surface area contributed by atoms with Crippen LogP contribution in [0.2, 0.25) is 0 Å². The van der Waals surface area contributed by atoms with E-state index in [0.717, 1.165) is 30.7 Å². The number of oxazole rings is 1. The van der Waals surface area contributed by atoms with Crippen molar-refractivity contribution in [3.63, 3.8) is 0 Å². The summed E-state index contributed by atoms with van der Waals surface area (Å²) in [6.07, 6.45) is 3.88. The predicted octanol–water partition coefficient (Wildman–Crippen LogP) is 3.19. The summed E-state index contributed by atoms with van der Waals surface area (Å²) in [6.45, 7) is 2.01. The van der Waals surface area contributed by atoms with Crippen LogP contribution in [-0.2, 0) is 4.79 Å². The van der Waals surface area contributed by atoms with E-state index < -0.39 is 6.04 Å². The number of rotatable bonds is 5. The van der Waals surface area contributed by atoms with Crippen molar-refractivity contribution in [3.05, 3.63) is 24.1 Å². The lowest BCUT2D eigenvalue weighted by molar-refractivity contribution is -0.117. The van der Waals surface area contributed by atoms with Gasteiger partial charge in [0.05, 0.1) is 6.04 Å². The molecular formula is C15H20ClN3O2. The van der Waals surface area contributed by atoms with Crippen molar-refractivity contribution in [2.75, 3.05) is 5.32 Å². The highest BCUT2D eigenvalue weighted by molar-refractivity contribution is 5.96. The Labute approximate surface area is 129 Å². The first-order chi connectivity index (χ1) is 9.67. The van der Waals surface area contributed by atoms with Gasteiger partial charge in [0.1, 0.15) is 5.52 Å². The van der Waals surface area contributed by atoms with Gasteiger partial charge in [0.15, 0.2) is 11.5 Å². The van der Waals surface area contributed by atoms with Crippen LogP contribution in [0.3, 0.4) is 0 Å². The van der Waals surface area contributed by atoms with Crippen molar-refractivity contribution >= 4 is 35.1 Å². The maximum Gasteiger partial charge on any atom is 0.241 e. The van der Waals surface area contributed by atoms with Gasteiger partial charge < -0.3 is 15.5 Å². The third-order valence-corrected chi connectivity index (χ3v) is 3.54. The maximum atomic E-state index is 11.9. The summed E-state index contributed by atoms with van der Waals surface area (Å²) in [5.74, 6) is 1.14. The average molecular weight is 310 g/mol. The number of nitrogens with two attached hydrogens (primary N) is 1. The second-order valence-corrected chi connectivity index (χ2v) is 5.39. The monoisotopic (exact) mass is 309 g/mol. The van der Waals surface area contributed by atoms with Crippen LogP contribution in [0.5, 0.6) is 0 Å². The summed E-state index contributed by atoms with van der Waals surface area (Å²) in [4.78, 5) is 16.3. The molecule has 3 N–H and O–H groups in total. The molecule has 0 radical (unpaired) electrons. The minimum atomic E-state index is -0.465. The van der Waals surface area contributed by atoms with Crippen molar-refractivity contribution < 1.29 is 9.21 Å². The first kappa shape index (κ1) is 15.8. The lowest BCUT2D eigenvalue weighted by atomic mass is 10.1. The van der Waals surface area contributed by atoms with E-state index >= 15 is 0 Å². The fourth-order valence-corrected chi connectivity index (χ4v) is 2.20. The maximum absolute atomic E-state index is 11.9. The first-order valence-electron chi connectivity index (χ1n) is 7.14. The summed E-state index contributed by atoms with van der Waals surface area (Å²) in [7, 11) is 0. The summed E-state index contributed by atoms with van der Waals surface area (Å²) in [5, 5.41) is 2.82. The lowest BCUT2D eigenvalue weighted by Crippen LogP contribution is -2.35. The molecule has 1 aliphatic carbocycles. The Balaban J connectivity index is 0.00000161. The van der Waals surface area contributed by atoms with E-state index in [1.807, 2.05) is 25.1 Å². The number of hydrogen-bond acceptors (Lipinski definition) is 4. The van der Waals surface area contributed by atoms with E-state index in [2.05, 4.69) is 10.3 Å². The zero-order valence-corrected chi connectivity index (χ0v) is 12.8. The second kappa shape index (κ2) is 6.45.